The number of amides is 1. The third-order valence-corrected chi connectivity index (χ3v) is 5.78. The van der Waals surface area contributed by atoms with Crippen molar-refractivity contribution in [1.82, 2.24) is 4.98 Å². The lowest BCUT2D eigenvalue weighted by Crippen LogP contribution is -2.86. The van der Waals surface area contributed by atoms with Crippen LogP contribution in [0.5, 0.6) is 5.75 Å². The molecule has 1 atom stereocenters. The Labute approximate surface area is 158 Å². The summed E-state index contributed by atoms with van der Waals surface area (Å²) >= 11 is 5.98. The summed E-state index contributed by atoms with van der Waals surface area (Å²) in [6, 6.07) is 9.39. The molecule has 26 heavy (non-hydrogen) atoms. The molecule has 2 aliphatic rings. The number of benzene rings is 1. The number of piperidine rings is 1. The van der Waals surface area contributed by atoms with Gasteiger partial charge in [0.25, 0.3) is 5.91 Å². The van der Waals surface area contributed by atoms with Crippen molar-refractivity contribution in [2.75, 3.05) is 31.6 Å². The number of fused-ring (bicyclic) bond motifs is 1. The van der Waals surface area contributed by atoms with Crippen molar-refractivity contribution >= 4 is 23.2 Å². The summed E-state index contributed by atoms with van der Waals surface area (Å²) in [6.45, 7) is 3.04. The van der Waals surface area contributed by atoms with Gasteiger partial charge in [-0.05, 0) is 41.8 Å². The lowest BCUT2D eigenvalue weighted by Gasteiger charge is -2.27. The molecule has 0 saturated carbocycles. The van der Waals surface area contributed by atoms with Crippen molar-refractivity contribution in [2.45, 2.75) is 18.8 Å². The van der Waals surface area contributed by atoms with Crippen LogP contribution in [0.2, 0.25) is 5.15 Å². The molecule has 1 aromatic heterocycles. The summed E-state index contributed by atoms with van der Waals surface area (Å²) in [5.74, 6) is 1.78. The monoisotopic (exact) mass is 372 g/mol. The molecule has 0 radical (unpaired) electrons. The van der Waals surface area contributed by atoms with Crippen molar-refractivity contribution in [3.63, 3.8) is 0 Å². The molecule has 0 aliphatic carbocycles. The molecule has 0 bridgehead atoms. The number of quaternary nitrogens is 1. The molecule has 4 rings (SSSR count). The largest absolute Gasteiger partial charge is 0.497 e. The van der Waals surface area contributed by atoms with E-state index in [0.29, 0.717) is 29.1 Å². The first-order valence-electron chi connectivity index (χ1n) is 9.10. The van der Waals surface area contributed by atoms with Gasteiger partial charge in [-0.3, -0.25) is 4.79 Å². The van der Waals surface area contributed by atoms with Crippen LogP contribution in [0.1, 0.15) is 34.7 Å². The summed E-state index contributed by atoms with van der Waals surface area (Å²) in [4.78, 5) is 19.0. The quantitative estimate of drug-likeness (QED) is 0.842. The number of methoxy groups -OCH3 is 1. The SMILES string of the molecule is COc1ccc2c(c1)C(C1CC[NH2+]CC1)CN2C(=O)c1ccnc(Cl)c1. The second-order valence-corrected chi connectivity index (χ2v) is 7.40. The number of halogens is 1. The molecule has 1 saturated heterocycles. The molecule has 1 aromatic carbocycles. The molecule has 6 heteroatoms. The minimum absolute atomic E-state index is 0.0226. The number of carbonyl (C=O) groups is 1. The van der Waals surface area contributed by atoms with E-state index in [1.54, 1.807) is 25.4 Å². The predicted octanol–water partition coefficient (Wildman–Crippen LogP) is 2.46. The van der Waals surface area contributed by atoms with Crippen LogP contribution >= 0.6 is 11.6 Å². The first kappa shape index (κ1) is 17.3. The summed E-state index contributed by atoms with van der Waals surface area (Å²) < 4.78 is 5.44. The molecular formula is C20H23ClN3O2+. The van der Waals surface area contributed by atoms with E-state index >= 15 is 0 Å². The number of nitrogens with two attached hydrogens (primary N) is 1. The van der Waals surface area contributed by atoms with E-state index in [0.717, 1.165) is 24.5 Å². The number of pyridine rings is 1. The minimum Gasteiger partial charge on any atom is -0.497 e. The van der Waals surface area contributed by atoms with Gasteiger partial charge in [0.05, 0.1) is 20.2 Å². The van der Waals surface area contributed by atoms with E-state index in [1.165, 1.54) is 18.4 Å². The molecule has 3 heterocycles. The van der Waals surface area contributed by atoms with Crippen molar-refractivity contribution < 1.29 is 14.8 Å². The minimum atomic E-state index is -0.0226. The Kier molecular flexibility index (Phi) is 4.83. The van der Waals surface area contributed by atoms with Gasteiger partial charge in [-0.25, -0.2) is 4.98 Å². The first-order chi connectivity index (χ1) is 12.7. The summed E-state index contributed by atoms with van der Waals surface area (Å²) in [5.41, 5.74) is 2.79. The van der Waals surface area contributed by atoms with Gasteiger partial charge >= 0.3 is 0 Å². The third kappa shape index (κ3) is 3.17. The van der Waals surface area contributed by atoms with Crippen LogP contribution in [0.3, 0.4) is 0 Å². The van der Waals surface area contributed by atoms with Gasteiger partial charge in [0, 0.05) is 42.8 Å². The average molecular weight is 373 g/mol. The van der Waals surface area contributed by atoms with E-state index in [2.05, 4.69) is 16.4 Å². The number of aromatic nitrogens is 1. The summed E-state index contributed by atoms with van der Waals surface area (Å²) in [5, 5.41) is 2.71. The first-order valence-corrected chi connectivity index (χ1v) is 9.48. The van der Waals surface area contributed by atoms with Gasteiger partial charge in [0.2, 0.25) is 0 Å². The van der Waals surface area contributed by atoms with Gasteiger partial charge in [-0.1, -0.05) is 11.6 Å². The van der Waals surface area contributed by atoms with Gasteiger partial charge in [-0.2, -0.15) is 0 Å². The van der Waals surface area contributed by atoms with Crippen LogP contribution in [0, 0.1) is 5.92 Å². The van der Waals surface area contributed by atoms with Crippen molar-refractivity contribution in [3.05, 3.63) is 52.8 Å². The summed E-state index contributed by atoms with van der Waals surface area (Å²) in [6.07, 6.45) is 3.95. The van der Waals surface area contributed by atoms with E-state index in [4.69, 9.17) is 16.3 Å². The molecule has 1 unspecified atom stereocenters. The van der Waals surface area contributed by atoms with Crippen LogP contribution < -0.4 is 15.0 Å². The lowest BCUT2D eigenvalue weighted by molar-refractivity contribution is -0.665. The Bertz CT molecular complexity index is 820. The lowest BCUT2D eigenvalue weighted by atomic mass is 9.81. The molecule has 5 nitrogen and oxygen atoms in total. The highest BCUT2D eigenvalue weighted by atomic mass is 35.5. The molecular weight excluding hydrogens is 350 g/mol. The molecule has 2 aliphatic heterocycles. The highest BCUT2D eigenvalue weighted by Crippen LogP contribution is 2.44. The Morgan fingerprint density at radius 3 is 2.81 bits per heavy atom. The Hall–Kier alpha value is -2.11. The second kappa shape index (κ2) is 7.25. The van der Waals surface area contributed by atoms with E-state index in [9.17, 15) is 4.79 Å². The molecule has 2 aromatic rings. The van der Waals surface area contributed by atoms with Crippen molar-refractivity contribution in [3.8, 4) is 5.75 Å². The fourth-order valence-electron chi connectivity index (χ4n) is 4.24. The highest BCUT2D eigenvalue weighted by Gasteiger charge is 2.38. The van der Waals surface area contributed by atoms with E-state index in [-0.39, 0.29) is 5.91 Å². The molecule has 0 spiro atoms. The van der Waals surface area contributed by atoms with Crippen molar-refractivity contribution in [2.24, 2.45) is 5.92 Å². The second-order valence-electron chi connectivity index (χ2n) is 7.02. The summed E-state index contributed by atoms with van der Waals surface area (Å²) in [7, 11) is 1.68. The highest BCUT2D eigenvalue weighted by molar-refractivity contribution is 6.29. The number of ether oxygens (including phenoxy) is 1. The zero-order valence-corrected chi connectivity index (χ0v) is 15.6. The van der Waals surface area contributed by atoms with Crippen LogP contribution in [0.4, 0.5) is 5.69 Å². The van der Waals surface area contributed by atoms with Gasteiger partial charge in [0.15, 0.2) is 0 Å². The maximum Gasteiger partial charge on any atom is 0.258 e. The standard InChI is InChI=1S/C20H22ClN3O2/c1-26-15-2-3-18-16(11-15)17(13-4-7-22-8-5-13)12-24(18)20(25)14-6-9-23-19(21)10-14/h2-3,6,9-11,13,17,22H,4-5,7-8,12H2,1H3/p+1. The maximum atomic E-state index is 13.1. The van der Waals surface area contributed by atoms with Gasteiger partial charge in [-0.15, -0.1) is 0 Å². The van der Waals surface area contributed by atoms with E-state index < -0.39 is 0 Å². The smallest absolute Gasteiger partial charge is 0.258 e. The predicted molar refractivity (Wildman–Crippen MR) is 101 cm³/mol. The number of nitrogens with zero attached hydrogens (tertiary/aromatic N) is 2. The number of anilines is 1. The maximum absolute atomic E-state index is 13.1. The zero-order valence-electron chi connectivity index (χ0n) is 14.8. The van der Waals surface area contributed by atoms with Crippen LogP contribution in [-0.4, -0.2) is 37.6 Å². The van der Waals surface area contributed by atoms with Gasteiger partial charge in [0.1, 0.15) is 10.9 Å². The number of rotatable bonds is 3. The Morgan fingerprint density at radius 1 is 1.27 bits per heavy atom. The van der Waals surface area contributed by atoms with Crippen LogP contribution in [0.15, 0.2) is 36.5 Å². The third-order valence-electron chi connectivity index (χ3n) is 5.58. The molecule has 136 valence electrons. The molecule has 1 fully saturated rings. The number of carbonyl (C=O) groups excluding carboxylic acids is 1. The number of hydrogen-bond acceptors (Lipinski definition) is 3. The average Bonchev–Trinajstić information content (AvgIpc) is 3.06. The van der Waals surface area contributed by atoms with Crippen molar-refractivity contribution in [1.29, 1.82) is 0 Å². The van der Waals surface area contributed by atoms with Crippen LogP contribution in [-0.2, 0) is 0 Å². The Balaban J connectivity index is 1.70. The fourth-order valence-corrected chi connectivity index (χ4v) is 4.41. The molecule has 1 amide bonds. The normalized spacial score (nSPS) is 20.1. The van der Waals surface area contributed by atoms with E-state index in [1.807, 2.05) is 17.0 Å². The fraction of sp³-hybridized carbons (Fsp3) is 0.400. The molecule has 2 N–H and O–H groups in total. The van der Waals surface area contributed by atoms with Gasteiger partial charge < -0.3 is 15.0 Å². The number of hydrogen-bond donors (Lipinski definition) is 1. The Morgan fingerprint density at radius 2 is 2.08 bits per heavy atom. The zero-order chi connectivity index (χ0) is 18.1. The van der Waals surface area contributed by atoms with Crippen LogP contribution in [0.25, 0.3) is 0 Å². The topological polar surface area (TPSA) is 59.0 Å².